The lowest BCUT2D eigenvalue weighted by Gasteiger charge is -2.33. The minimum absolute atomic E-state index is 0.119. The van der Waals surface area contributed by atoms with Crippen molar-refractivity contribution in [2.75, 3.05) is 27.2 Å². The minimum Gasteiger partial charge on any atom is -0.375 e. The van der Waals surface area contributed by atoms with Gasteiger partial charge in [0.1, 0.15) is 0 Å². The lowest BCUT2D eigenvalue weighted by atomic mass is 10.1. The van der Waals surface area contributed by atoms with Crippen LogP contribution in [0, 0.1) is 0 Å². The number of likely N-dealkylation sites (N-methyl/N-ethyl adjacent to an activating group) is 1. The van der Waals surface area contributed by atoms with Gasteiger partial charge in [-0.2, -0.15) is 0 Å². The molecule has 1 rings (SSSR count). The fourth-order valence-corrected chi connectivity index (χ4v) is 1.15. The Morgan fingerprint density at radius 2 is 2.00 bits per heavy atom. The van der Waals surface area contributed by atoms with Crippen molar-refractivity contribution in [2.45, 2.75) is 51.3 Å². The van der Waals surface area contributed by atoms with Crippen LogP contribution in [0.15, 0.2) is 0 Å². The van der Waals surface area contributed by atoms with Gasteiger partial charge in [-0.05, 0) is 47.7 Å². The van der Waals surface area contributed by atoms with Gasteiger partial charge in [-0.15, -0.1) is 0 Å². The van der Waals surface area contributed by atoms with Crippen LogP contribution in [0.5, 0.6) is 0 Å². The lowest BCUT2D eigenvalue weighted by molar-refractivity contribution is -0.00315. The first-order valence-electron chi connectivity index (χ1n) is 5.94. The summed E-state index contributed by atoms with van der Waals surface area (Å²) in [5.74, 6) is 0. The van der Waals surface area contributed by atoms with Gasteiger partial charge in [0, 0.05) is 18.1 Å². The summed E-state index contributed by atoms with van der Waals surface area (Å²) in [6.07, 6.45) is 3.00. The van der Waals surface area contributed by atoms with Gasteiger partial charge < -0.3 is 15.0 Å². The SMILES string of the molecule is CC(CNC1CC1)OCC(C)(C)N(C)C. The Morgan fingerprint density at radius 1 is 1.40 bits per heavy atom. The van der Waals surface area contributed by atoms with Crippen LogP contribution in [-0.2, 0) is 4.74 Å². The summed E-state index contributed by atoms with van der Waals surface area (Å²) in [7, 11) is 4.19. The second kappa shape index (κ2) is 5.28. The van der Waals surface area contributed by atoms with Gasteiger partial charge >= 0.3 is 0 Å². The molecule has 1 fully saturated rings. The van der Waals surface area contributed by atoms with E-state index in [0.29, 0.717) is 6.10 Å². The summed E-state index contributed by atoms with van der Waals surface area (Å²) in [5, 5.41) is 3.48. The molecule has 0 heterocycles. The summed E-state index contributed by atoms with van der Waals surface area (Å²) < 4.78 is 5.84. The van der Waals surface area contributed by atoms with Crippen LogP contribution < -0.4 is 5.32 Å². The number of nitrogens with zero attached hydrogens (tertiary/aromatic N) is 1. The van der Waals surface area contributed by atoms with Gasteiger partial charge in [-0.25, -0.2) is 0 Å². The Balaban J connectivity index is 2.11. The first-order chi connectivity index (χ1) is 6.92. The van der Waals surface area contributed by atoms with Crippen molar-refractivity contribution in [1.29, 1.82) is 0 Å². The molecule has 0 amide bonds. The van der Waals surface area contributed by atoms with Crippen molar-refractivity contribution in [2.24, 2.45) is 0 Å². The highest BCUT2D eigenvalue weighted by Crippen LogP contribution is 2.18. The maximum Gasteiger partial charge on any atom is 0.0672 e. The van der Waals surface area contributed by atoms with E-state index in [2.05, 4.69) is 45.1 Å². The van der Waals surface area contributed by atoms with Crippen LogP contribution in [-0.4, -0.2) is 49.8 Å². The normalized spacial score (nSPS) is 19.6. The molecular weight excluding hydrogens is 188 g/mol. The number of hydrogen-bond donors (Lipinski definition) is 1. The smallest absolute Gasteiger partial charge is 0.0672 e. The highest BCUT2D eigenvalue weighted by molar-refractivity contribution is 4.82. The van der Waals surface area contributed by atoms with Gasteiger partial charge in [0.25, 0.3) is 0 Å². The maximum absolute atomic E-state index is 5.84. The third kappa shape index (κ3) is 4.96. The molecule has 0 aromatic heterocycles. The van der Waals surface area contributed by atoms with E-state index in [1.165, 1.54) is 12.8 Å². The Bertz CT molecular complexity index is 188. The Hall–Kier alpha value is -0.120. The first kappa shape index (κ1) is 12.9. The minimum atomic E-state index is 0.119. The second-order valence-electron chi connectivity index (χ2n) is 5.51. The summed E-state index contributed by atoms with van der Waals surface area (Å²) >= 11 is 0. The fraction of sp³-hybridized carbons (Fsp3) is 1.00. The molecule has 1 saturated carbocycles. The molecule has 1 N–H and O–H groups in total. The van der Waals surface area contributed by atoms with Crippen LogP contribution in [0.25, 0.3) is 0 Å². The predicted octanol–water partition coefficient (Wildman–Crippen LogP) is 1.48. The molecule has 0 saturated heterocycles. The van der Waals surface area contributed by atoms with Crippen molar-refractivity contribution < 1.29 is 4.74 Å². The van der Waals surface area contributed by atoms with E-state index in [1.807, 2.05) is 0 Å². The summed E-state index contributed by atoms with van der Waals surface area (Å²) in [4.78, 5) is 2.20. The molecule has 1 atom stereocenters. The molecule has 3 nitrogen and oxygen atoms in total. The third-order valence-electron chi connectivity index (χ3n) is 3.20. The van der Waals surface area contributed by atoms with E-state index in [-0.39, 0.29) is 5.54 Å². The van der Waals surface area contributed by atoms with E-state index < -0.39 is 0 Å². The zero-order chi connectivity index (χ0) is 11.5. The van der Waals surface area contributed by atoms with Crippen molar-refractivity contribution in [3.63, 3.8) is 0 Å². The van der Waals surface area contributed by atoms with Crippen LogP contribution in [0.3, 0.4) is 0 Å². The van der Waals surface area contributed by atoms with E-state index in [4.69, 9.17) is 4.74 Å². The molecule has 1 aliphatic carbocycles. The highest BCUT2D eigenvalue weighted by atomic mass is 16.5. The Labute approximate surface area is 94.2 Å². The number of ether oxygens (including phenoxy) is 1. The molecule has 0 aliphatic heterocycles. The second-order valence-corrected chi connectivity index (χ2v) is 5.51. The zero-order valence-electron chi connectivity index (χ0n) is 10.8. The maximum atomic E-state index is 5.84. The number of rotatable bonds is 7. The number of nitrogens with one attached hydrogen (secondary N) is 1. The molecule has 0 spiro atoms. The topological polar surface area (TPSA) is 24.5 Å². The summed E-state index contributed by atoms with van der Waals surface area (Å²) in [6, 6.07) is 0.776. The van der Waals surface area contributed by atoms with Crippen LogP contribution in [0.1, 0.15) is 33.6 Å². The molecule has 0 radical (unpaired) electrons. The van der Waals surface area contributed by atoms with Crippen LogP contribution in [0.4, 0.5) is 0 Å². The quantitative estimate of drug-likeness (QED) is 0.695. The average Bonchev–Trinajstić information content (AvgIpc) is 2.94. The fourth-order valence-electron chi connectivity index (χ4n) is 1.15. The van der Waals surface area contributed by atoms with E-state index in [9.17, 15) is 0 Å². The van der Waals surface area contributed by atoms with Crippen LogP contribution >= 0.6 is 0 Å². The van der Waals surface area contributed by atoms with Crippen molar-refractivity contribution in [1.82, 2.24) is 10.2 Å². The Kier molecular flexibility index (Phi) is 4.56. The molecule has 90 valence electrons. The average molecular weight is 214 g/mol. The van der Waals surface area contributed by atoms with Gasteiger partial charge in [0.05, 0.1) is 12.7 Å². The van der Waals surface area contributed by atoms with E-state index in [1.54, 1.807) is 0 Å². The molecule has 0 bridgehead atoms. The molecule has 1 unspecified atom stereocenters. The van der Waals surface area contributed by atoms with Gasteiger partial charge in [0.15, 0.2) is 0 Å². The molecule has 1 aliphatic rings. The number of hydrogen-bond acceptors (Lipinski definition) is 3. The van der Waals surface area contributed by atoms with Gasteiger partial charge in [0.2, 0.25) is 0 Å². The van der Waals surface area contributed by atoms with Gasteiger partial charge in [-0.3, -0.25) is 0 Å². The molecule has 0 aromatic rings. The summed E-state index contributed by atoms with van der Waals surface area (Å²) in [5.41, 5.74) is 0.119. The molecular formula is C12H26N2O. The lowest BCUT2D eigenvalue weighted by Crippen LogP contribution is -2.44. The third-order valence-corrected chi connectivity index (χ3v) is 3.20. The molecule has 15 heavy (non-hydrogen) atoms. The summed E-state index contributed by atoms with van der Waals surface area (Å²) in [6.45, 7) is 8.31. The van der Waals surface area contributed by atoms with Gasteiger partial charge in [-0.1, -0.05) is 0 Å². The van der Waals surface area contributed by atoms with Crippen molar-refractivity contribution in [3.8, 4) is 0 Å². The van der Waals surface area contributed by atoms with Crippen LogP contribution in [0.2, 0.25) is 0 Å². The van der Waals surface area contributed by atoms with E-state index in [0.717, 1.165) is 19.2 Å². The largest absolute Gasteiger partial charge is 0.375 e. The standard InChI is InChI=1S/C12H26N2O/c1-10(8-13-11-6-7-11)15-9-12(2,3)14(4)5/h10-11,13H,6-9H2,1-5H3. The zero-order valence-corrected chi connectivity index (χ0v) is 10.8. The predicted molar refractivity (Wildman–Crippen MR) is 64.2 cm³/mol. The van der Waals surface area contributed by atoms with Crippen molar-refractivity contribution in [3.05, 3.63) is 0 Å². The first-order valence-corrected chi connectivity index (χ1v) is 5.94. The van der Waals surface area contributed by atoms with E-state index >= 15 is 0 Å². The molecule has 0 aromatic carbocycles. The molecule has 3 heteroatoms. The highest BCUT2D eigenvalue weighted by Gasteiger charge is 2.23. The Morgan fingerprint density at radius 3 is 2.47 bits per heavy atom. The monoisotopic (exact) mass is 214 g/mol. The van der Waals surface area contributed by atoms with Crippen molar-refractivity contribution >= 4 is 0 Å².